The van der Waals surface area contributed by atoms with Crippen molar-refractivity contribution in [2.45, 2.75) is 50.3 Å². The topological polar surface area (TPSA) is 20.2 Å². The lowest BCUT2D eigenvalue weighted by atomic mass is 10.1. The largest absolute Gasteiger partial charge is 0.389 e. The van der Waals surface area contributed by atoms with E-state index in [0.29, 0.717) is 5.66 Å². The van der Waals surface area contributed by atoms with Gasteiger partial charge in [-0.2, -0.15) is 0 Å². The first-order valence-corrected chi connectivity index (χ1v) is 11.7. The molecular formula is C24H28OP+. The Morgan fingerprint density at radius 1 is 0.923 bits per heavy atom. The van der Waals surface area contributed by atoms with E-state index in [1.807, 2.05) is 6.08 Å². The standard InChI is InChI=1S/C24H28OP/c25-20-16-18-24(19-17-20)26(21-10-4-1-5-11-21,22-12-6-2-7-13-22)23-14-8-3-9-15-23/h1-2,4-6,8,10-12,14-16,18,20,24-25H,3,7,9,13,17,19H2/q+1. The van der Waals surface area contributed by atoms with Gasteiger partial charge in [0.1, 0.15) is 23.5 Å². The van der Waals surface area contributed by atoms with Gasteiger partial charge in [-0.15, -0.1) is 0 Å². The molecular weight excluding hydrogens is 335 g/mol. The van der Waals surface area contributed by atoms with E-state index in [1.165, 1.54) is 5.30 Å². The molecule has 3 atom stereocenters. The fourth-order valence-corrected chi connectivity index (χ4v) is 9.85. The molecule has 0 aromatic heterocycles. The van der Waals surface area contributed by atoms with E-state index in [0.717, 1.165) is 38.5 Å². The molecule has 0 amide bonds. The molecule has 3 aliphatic carbocycles. The van der Waals surface area contributed by atoms with Gasteiger partial charge in [-0.3, -0.25) is 0 Å². The van der Waals surface area contributed by atoms with E-state index >= 15 is 0 Å². The van der Waals surface area contributed by atoms with Gasteiger partial charge in [-0.25, -0.2) is 0 Å². The highest BCUT2D eigenvalue weighted by Crippen LogP contribution is 2.77. The predicted molar refractivity (Wildman–Crippen MR) is 114 cm³/mol. The number of aliphatic hydroxyl groups is 1. The normalized spacial score (nSPS) is 27.6. The molecule has 0 heterocycles. The van der Waals surface area contributed by atoms with Gasteiger partial charge >= 0.3 is 0 Å². The fraction of sp³-hybridized carbons (Fsp3) is 0.333. The van der Waals surface area contributed by atoms with Gasteiger partial charge in [0.2, 0.25) is 0 Å². The van der Waals surface area contributed by atoms with Crippen molar-refractivity contribution in [3.05, 3.63) is 89.6 Å². The average molecular weight is 363 g/mol. The minimum Gasteiger partial charge on any atom is -0.389 e. The Labute approximate surface area is 157 Å². The molecule has 3 unspecified atom stereocenters. The zero-order valence-corrected chi connectivity index (χ0v) is 16.2. The van der Waals surface area contributed by atoms with Crippen LogP contribution in [0.25, 0.3) is 0 Å². The van der Waals surface area contributed by atoms with Crippen LogP contribution in [0, 0.1) is 0 Å². The monoisotopic (exact) mass is 363 g/mol. The lowest BCUT2D eigenvalue weighted by molar-refractivity contribution is 0.205. The minimum atomic E-state index is -1.72. The van der Waals surface area contributed by atoms with E-state index in [-0.39, 0.29) is 6.10 Å². The zero-order valence-electron chi connectivity index (χ0n) is 15.3. The molecule has 4 rings (SSSR count). The minimum absolute atomic E-state index is 0.278. The highest BCUT2D eigenvalue weighted by molar-refractivity contribution is 7.91. The Bertz CT molecular complexity index is 784. The Morgan fingerprint density at radius 3 is 2.46 bits per heavy atom. The lowest BCUT2D eigenvalue weighted by Crippen LogP contribution is -2.28. The Balaban J connectivity index is 1.95. The lowest BCUT2D eigenvalue weighted by Gasteiger charge is -2.38. The summed E-state index contributed by atoms with van der Waals surface area (Å²) >= 11 is 0. The Kier molecular flexibility index (Phi) is 5.38. The molecule has 0 bridgehead atoms. The zero-order chi connectivity index (χ0) is 17.8. The van der Waals surface area contributed by atoms with Crippen molar-refractivity contribution in [3.63, 3.8) is 0 Å². The number of aliphatic hydroxyl groups excluding tert-OH is 1. The summed E-state index contributed by atoms with van der Waals surface area (Å²) < 4.78 is 0. The van der Waals surface area contributed by atoms with Gasteiger partial charge in [-0.05, 0) is 68.5 Å². The molecule has 0 radical (unpaired) electrons. The number of benzene rings is 1. The molecule has 2 heteroatoms. The molecule has 1 aromatic rings. The molecule has 1 nitrogen and oxygen atoms in total. The van der Waals surface area contributed by atoms with Crippen molar-refractivity contribution in [2.75, 3.05) is 0 Å². The van der Waals surface area contributed by atoms with Crippen molar-refractivity contribution in [3.8, 4) is 0 Å². The summed E-state index contributed by atoms with van der Waals surface area (Å²) in [6.07, 6.45) is 24.8. The molecule has 134 valence electrons. The molecule has 26 heavy (non-hydrogen) atoms. The van der Waals surface area contributed by atoms with E-state index in [1.54, 1.807) is 10.6 Å². The number of rotatable bonds is 4. The maximum atomic E-state index is 10.1. The van der Waals surface area contributed by atoms with Gasteiger partial charge in [0.05, 0.1) is 11.4 Å². The van der Waals surface area contributed by atoms with Crippen LogP contribution in [0.4, 0.5) is 0 Å². The van der Waals surface area contributed by atoms with Crippen LogP contribution in [0.5, 0.6) is 0 Å². The smallest absolute Gasteiger partial charge is 0.114 e. The van der Waals surface area contributed by atoms with Gasteiger partial charge in [0.15, 0.2) is 0 Å². The first-order valence-electron chi connectivity index (χ1n) is 9.86. The van der Waals surface area contributed by atoms with Crippen LogP contribution in [0.3, 0.4) is 0 Å². The van der Waals surface area contributed by atoms with Crippen LogP contribution in [-0.2, 0) is 0 Å². The third-order valence-corrected chi connectivity index (χ3v) is 10.8. The summed E-state index contributed by atoms with van der Waals surface area (Å²) in [5.41, 5.74) is 0.486. The second-order valence-corrected chi connectivity index (χ2v) is 11.1. The molecule has 3 aliphatic rings. The summed E-state index contributed by atoms with van der Waals surface area (Å²) in [6.45, 7) is 0. The summed E-state index contributed by atoms with van der Waals surface area (Å²) in [5, 5.41) is 14.7. The number of hydrogen-bond donors (Lipinski definition) is 1. The van der Waals surface area contributed by atoms with Gasteiger partial charge in [0, 0.05) is 6.42 Å². The van der Waals surface area contributed by atoms with Crippen LogP contribution in [0.1, 0.15) is 38.5 Å². The quantitative estimate of drug-likeness (QED) is 0.523. The third kappa shape index (κ3) is 3.20. The molecule has 1 aromatic carbocycles. The number of allylic oxidation sites excluding steroid dienone is 9. The van der Waals surface area contributed by atoms with Crippen molar-refractivity contribution >= 4 is 12.6 Å². The number of hydrogen-bond acceptors (Lipinski definition) is 1. The van der Waals surface area contributed by atoms with E-state index in [9.17, 15) is 5.11 Å². The van der Waals surface area contributed by atoms with Crippen LogP contribution in [0.15, 0.2) is 89.6 Å². The van der Waals surface area contributed by atoms with Crippen molar-refractivity contribution in [2.24, 2.45) is 0 Å². The SMILES string of the molecule is OC1C=CC([P+](C2=CCCC=C2)(C2=CC=CCC2)c2ccccc2)CC1. The van der Waals surface area contributed by atoms with Crippen molar-refractivity contribution in [1.29, 1.82) is 0 Å². The molecule has 0 saturated heterocycles. The van der Waals surface area contributed by atoms with E-state index in [4.69, 9.17) is 0 Å². The summed E-state index contributed by atoms with van der Waals surface area (Å²) in [5.74, 6) is 0. The first kappa shape index (κ1) is 17.7. The fourth-order valence-electron chi connectivity index (χ4n) is 4.60. The molecule has 0 fully saturated rings. The van der Waals surface area contributed by atoms with Gasteiger partial charge in [-0.1, -0.05) is 42.5 Å². The van der Waals surface area contributed by atoms with Crippen molar-refractivity contribution < 1.29 is 5.11 Å². The first-order chi connectivity index (χ1) is 12.8. The molecule has 0 spiro atoms. The van der Waals surface area contributed by atoms with Gasteiger partial charge in [0.25, 0.3) is 0 Å². The Morgan fingerprint density at radius 2 is 1.81 bits per heavy atom. The third-order valence-electron chi connectivity index (χ3n) is 5.80. The van der Waals surface area contributed by atoms with E-state index < -0.39 is 7.26 Å². The highest BCUT2D eigenvalue weighted by atomic mass is 31.2. The summed E-state index contributed by atoms with van der Waals surface area (Å²) in [7, 11) is -1.72. The Hall–Kier alpha value is -1.69. The van der Waals surface area contributed by atoms with Crippen molar-refractivity contribution in [1.82, 2.24) is 0 Å². The van der Waals surface area contributed by atoms with E-state index in [2.05, 4.69) is 72.9 Å². The summed E-state index contributed by atoms with van der Waals surface area (Å²) in [6, 6.07) is 11.2. The highest BCUT2D eigenvalue weighted by Gasteiger charge is 2.53. The molecule has 1 N–H and O–H groups in total. The molecule has 0 aliphatic heterocycles. The predicted octanol–water partition coefficient (Wildman–Crippen LogP) is 5.88. The van der Waals surface area contributed by atoms with Crippen LogP contribution in [-0.4, -0.2) is 16.9 Å². The second kappa shape index (κ2) is 7.91. The van der Waals surface area contributed by atoms with Crippen LogP contribution >= 0.6 is 7.26 Å². The molecule has 0 saturated carbocycles. The van der Waals surface area contributed by atoms with Crippen LogP contribution < -0.4 is 5.30 Å². The van der Waals surface area contributed by atoms with Crippen LogP contribution in [0.2, 0.25) is 0 Å². The second-order valence-electron chi connectivity index (χ2n) is 7.39. The van der Waals surface area contributed by atoms with Gasteiger partial charge < -0.3 is 5.11 Å². The maximum Gasteiger partial charge on any atom is 0.114 e. The maximum absolute atomic E-state index is 10.1. The summed E-state index contributed by atoms with van der Waals surface area (Å²) in [4.78, 5) is 0. The average Bonchev–Trinajstić information content (AvgIpc) is 2.72.